The largest absolute Gasteiger partial charge is 0.461 e. The topological polar surface area (TPSA) is 98.0 Å². The first kappa shape index (κ1) is 12.4. The summed E-state index contributed by atoms with van der Waals surface area (Å²) in [5.74, 6) is 6.00. The molecule has 0 fully saturated rings. The van der Waals surface area contributed by atoms with Crippen LogP contribution in [0.15, 0.2) is 0 Å². The highest BCUT2D eigenvalue weighted by Crippen LogP contribution is 2.11. The van der Waals surface area contributed by atoms with Gasteiger partial charge in [-0.3, -0.25) is 5.43 Å². The van der Waals surface area contributed by atoms with Gasteiger partial charge in [-0.05, 0) is 20.3 Å². The Hall–Kier alpha value is -1.63. The molecule has 0 saturated carbocycles. The Balaban J connectivity index is 2.82. The molecule has 0 aliphatic heterocycles. The number of hydrazine groups is 1. The molecule has 1 aromatic rings. The van der Waals surface area contributed by atoms with Crippen LogP contribution in [0.25, 0.3) is 0 Å². The molecule has 0 bridgehead atoms. The molecule has 4 N–H and O–H groups in total. The molecule has 16 heavy (non-hydrogen) atoms. The van der Waals surface area contributed by atoms with E-state index in [0.29, 0.717) is 5.95 Å². The first-order valence-electron chi connectivity index (χ1n) is 5.29. The van der Waals surface area contributed by atoms with Crippen LogP contribution in [0.4, 0.5) is 11.9 Å². The summed E-state index contributed by atoms with van der Waals surface area (Å²) < 4.78 is 5.38. The minimum atomic E-state index is 0.00653. The SMILES string of the molecule is CCCNc1nc(NN)nc(OC(C)C)n1. The molecular formula is C9H18N6O. The third-order valence-electron chi connectivity index (χ3n) is 1.62. The Kier molecular flexibility index (Phi) is 4.71. The lowest BCUT2D eigenvalue weighted by molar-refractivity contribution is 0.222. The predicted molar refractivity (Wildman–Crippen MR) is 62.2 cm³/mol. The summed E-state index contributed by atoms with van der Waals surface area (Å²) >= 11 is 0. The number of hydrogen-bond acceptors (Lipinski definition) is 7. The van der Waals surface area contributed by atoms with Gasteiger partial charge in [-0.25, -0.2) is 5.84 Å². The van der Waals surface area contributed by atoms with E-state index < -0.39 is 0 Å². The summed E-state index contributed by atoms with van der Waals surface area (Å²) in [6.45, 7) is 6.65. The molecule has 0 aliphatic rings. The van der Waals surface area contributed by atoms with Crippen molar-refractivity contribution in [2.45, 2.75) is 33.3 Å². The first-order valence-corrected chi connectivity index (χ1v) is 5.29. The Morgan fingerprint density at radius 1 is 1.25 bits per heavy atom. The van der Waals surface area contributed by atoms with Crippen LogP contribution in [0.2, 0.25) is 0 Å². The van der Waals surface area contributed by atoms with Crippen LogP contribution in [0.5, 0.6) is 6.01 Å². The summed E-state index contributed by atoms with van der Waals surface area (Å²) in [4.78, 5) is 12.1. The van der Waals surface area contributed by atoms with Crippen LogP contribution >= 0.6 is 0 Å². The van der Waals surface area contributed by atoms with Gasteiger partial charge in [0.1, 0.15) is 0 Å². The third kappa shape index (κ3) is 3.85. The van der Waals surface area contributed by atoms with Gasteiger partial charge in [0, 0.05) is 6.54 Å². The van der Waals surface area contributed by atoms with Crippen LogP contribution in [0, 0.1) is 0 Å². The zero-order valence-electron chi connectivity index (χ0n) is 9.82. The lowest BCUT2D eigenvalue weighted by Crippen LogP contribution is -2.16. The Labute approximate surface area is 94.8 Å². The lowest BCUT2D eigenvalue weighted by atomic mass is 10.5. The monoisotopic (exact) mass is 226 g/mol. The van der Waals surface area contributed by atoms with Crippen LogP contribution in [0.1, 0.15) is 27.2 Å². The molecule has 0 atom stereocenters. The third-order valence-corrected chi connectivity index (χ3v) is 1.62. The average Bonchev–Trinajstić information content (AvgIpc) is 2.25. The van der Waals surface area contributed by atoms with Crippen molar-refractivity contribution in [3.63, 3.8) is 0 Å². The van der Waals surface area contributed by atoms with Crippen LogP contribution in [-0.4, -0.2) is 27.6 Å². The Morgan fingerprint density at radius 2 is 1.94 bits per heavy atom. The van der Waals surface area contributed by atoms with Gasteiger partial charge in [0.05, 0.1) is 6.10 Å². The predicted octanol–water partition coefficient (Wildman–Crippen LogP) is 0.766. The van der Waals surface area contributed by atoms with Crippen molar-refractivity contribution in [2.24, 2.45) is 5.84 Å². The quantitative estimate of drug-likeness (QED) is 0.486. The summed E-state index contributed by atoms with van der Waals surface area (Å²) in [5, 5.41) is 3.04. The Morgan fingerprint density at radius 3 is 2.50 bits per heavy atom. The van der Waals surface area contributed by atoms with E-state index in [1.165, 1.54) is 0 Å². The molecule has 0 unspecified atom stereocenters. The van der Waals surface area contributed by atoms with Crippen molar-refractivity contribution in [3.05, 3.63) is 0 Å². The van der Waals surface area contributed by atoms with Crippen molar-refractivity contribution in [3.8, 4) is 6.01 Å². The van der Waals surface area contributed by atoms with Gasteiger partial charge in [0.25, 0.3) is 0 Å². The fourth-order valence-corrected chi connectivity index (χ4v) is 1.00. The number of nitrogens with one attached hydrogen (secondary N) is 2. The fourth-order valence-electron chi connectivity index (χ4n) is 1.00. The second kappa shape index (κ2) is 6.06. The molecule has 0 aliphatic carbocycles. The van der Waals surface area contributed by atoms with E-state index in [1.54, 1.807) is 0 Å². The number of nitrogens with two attached hydrogens (primary N) is 1. The minimum Gasteiger partial charge on any atom is -0.461 e. The van der Waals surface area contributed by atoms with Crippen LogP contribution in [0.3, 0.4) is 0 Å². The smallest absolute Gasteiger partial charge is 0.323 e. The molecule has 0 saturated heterocycles. The molecule has 0 amide bonds. The van der Waals surface area contributed by atoms with Gasteiger partial charge in [-0.1, -0.05) is 6.92 Å². The summed E-state index contributed by atoms with van der Waals surface area (Å²) in [5.41, 5.74) is 2.38. The van der Waals surface area contributed by atoms with E-state index in [2.05, 4.69) is 32.6 Å². The molecule has 7 nitrogen and oxygen atoms in total. The van der Waals surface area contributed by atoms with Gasteiger partial charge in [0.15, 0.2) is 0 Å². The zero-order chi connectivity index (χ0) is 12.0. The lowest BCUT2D eigenvalue weighted by Gasteiger charge is -2.10. The summed E-state index contributed by atoms with van der Waals surface area (Å²) in [7, 11) is 0. The highest BCUT2D eigenvalue weighted by Gasteiger charge is 2.07. The minimum absolute atomic E-state index is 0.00653. The van der Waals surface area contributed by atoms with Crippen molar-refractivity contribution >= 4 is 11.9 Å². The number of hydrogen-bond donors (Lipinski definition) is 3. The van der Waals surface area contributed by atoms with E-state index in [1.807, 2.05) is 13.8 Å². The van der Waals surface area contributed by atoms with Crippen molar-refractivity contribution in [1.82, 2.24) is 15.0 Å². The number of ether oxygens (including phenoxy) is 1. The summed E-state index contributed by atoms with van der Waals surface area (Å²) in [6, 6.07) is 0.261. The van der Waals surface area contributed by atoms with Crippen molar-refractivity contribution in [1.29, 1.82) is 0 Å². The maximum atomic E-state index is 5.38. The van der Waals surface area contributed by atoms with Crippen molar-refractivity contribution in [2.75, 3.05) is 17.3 Å². The molecule has 7 heteroatoms. The summed E-state index contributed by atoms with van der Waals surface area (Å²) in [6.07, 6.45) is 0.990. The second-order valence-electron chi connectivity index (χ2n) is 3.50. The van der Waals surface area contributed by atoms with E-state index >= 15 is 0 Å². The Bertz CT molecular complexity index is 330. The van der Waals surface area contributed by atoms with Gasteiger partial charge in [-0.2, -0.15) is 15.0 Å². The van der Waals surface area contributed by atoms with E-state index in [0.717, 1.165) is 13.0 Å². The number of aromatic nitrogens is 3. The van der Waals surface area contributed by atoms with E-state index in [-0.39, 0.29) is 18.1 Å². The zero-order valence-corrected chi connectivity index (χ0v) is 9.82. The van der Waals surface area contributed by atoms with Gasteiger partial charge in [-0.15, -0.1) is 0 Å². The molecule has 0 radical (unpaired) electrons. The van der Waals surface area contributed by atoms with Crippen LogP contribution in [-0.2, 0) is 0 Å². The molecule has 1 rings (SSSR count). The maximum Gasteiger partial charge on any atom is 0.323 e. The number of rotatable bonds is 6. The van der Waals surface area contributed by atoms with Crippen LogP contribution < -0.4 is 21.3 Å². The molecule has 1 heterocycles. The standard InChI is InChI=1S/C9H18N6O/c1-4-5-11-7-12-8(15-10)14-9(13-7)16-6(2)3/h6H,4-5,10H2,1-3H3,(H2,11,12,13,14,15). The fraction of sp³-hybridized carbons (Fsp3) is 0.667. The normalized spacial score (nSPS) is 10.3. The van der Waals surface area contributed by atoms with E-state index in [9.17, 15) is 0 Å². The molecule has 1 aromatic heterocycles. The highest BCUT2D eigenvalue weighted by atomic mass is 16.5. The van der Waals surface area contributed by atoms with Gasteiger partial charge in [0.2, 0.25) is 11.9 Å². The van der Waals surface area contributed by atoms with Gasteiger partial charge >= 0.3 is 6.01 Å². The maximum absolute atomic E-state index is 5.38. The second-order valence-corrected chi connectivity index (χ2v) is 3.50. The van der Waals surface area contributed by atoms with E-state index in [4.69, 9.17) is 10.6 Å². The molecule has 0 spiro atoms. The number of nitrogen functional groups attached to an aromatic ring is 1. The first-order chi connectivity index (χ1) is 7.65. The average molecular weight is 226 g/mol. The molecule has 0 aromatic carbocycles. The number of anilines is 2. The molecular weight excluding hydrogens is 208 g/mol. The number of nitrogens with zero attached hydrogens (tertiary/aromatic N) is 3. The van der Waals surface area contributed by atoms with Crippen molar-refractivity contribution < 1.29 is 4.74 Å². The molecule has 90 valence electrons. The highest BCUT2D eigenvalue weighted by molar-refractivity contribution is 5.34. The van der Waals surface area contributed by atoms with Gasteiger partial charge < -0.3 is 10.1 Å².